The average Bonchev–Trinajstić information content (AvgIpc) is 2.67. The van der Waals surface area contributed by atoms with Crippen LogP contribution in [0.2, 0.25) is 0 Å². The van der Waals surface area contributed by atoms with Crippen molar-refractivity contribution in [1.82, 2.24) is 9.97 Å². The van der Waals surface area contributed by atoms with Crippen LogP contribution in [0.25, 0.3) is 33.1 Å². The normalized spacial score (nSPS) is 10.7. The van der Waals surface area contributed by atoms with Gasteiger partial charge in [0.2, 0.25) is 0 Å². The fraction of sp³-hybridized carbons (Fsp3) is 0.0870. The summed E-state index contributed by atoms with van der Waals surface area (Å²) in [5.41, 5.74) is 2.66. The molecule has 0 aliphatic rings. The van der Waals surface area contributed by atoms with Crippen molar-refractivity contribution < 1.29 is 30.0 Å². The Labute approximate surface area is 177 Å². The standard InChI is InChI=1S/C18H11N2.C5H8O2.Ir/c1-2-9-15-13(7-1)14-8-3-4-10-16(14)20-18(15)17-11-5-6-12-19-17;1-4(6)3-5(2)7;/h1-10,12H;3,6H,1-2H3;/q-1;;/b;4-3-;. The zero-order valence-corrected chi connectivity index (χ0v) is 17.9. The molecule has 1 N–H and O–H groups in total. The van der Waals surface area contributed by atoms with E-state index < -0.39 is 0 Å². The second kappa shape index (κ2) is 9.88. The molecule has 2 aromatic heterocycles. The van der Waals surface area contributed by atoms with Crippen LogP contribution in [0.5, 0.6) is 0 Å². The number of para-hydroxylation sites is 1. The molecule has 4 nitrogen and oxygen atoms in total. The molecule has 5 heteroatoms. The van der Waals surface area contributed by atoms with Crippen LogP contribution in [0.4, 0.5) is 0 Å². The van der Waals surface area contributed by atoms with Crippen molar-refractivity contribution >= 4 is 27.5 Å². The molecule has 0 unspecified atom stereocenters. The number of pyridine rings is 2. The summed E-state index contributed by atoms with van der Waals surface area (Å²) >= 11 is 0. The molecule has 2 aromatic carbocycles. The number of aliphatic hydroxyl groups excluding tert-OH is 1. The van der Waals surface area contributed by atoms with Crippen molar-refractivity contribution in [3.63, 3.8) is 0 Å². The van der Waals surface area contributed by atoms with Gasteiger partial charge in [-0.25, -0.2) is 0 Å². The number of aromatic nitrogens is 2. The quantitative estimate of drug-likeness (QED) is 0.161. The maximum absolute atomic E-state index is 10.0. The summed E-state index contributed by atoms with van der Waals surface area (Å²) < 4.78 is 0. The van der Waals surface area contributed by atoms with Crippen molar-refractivity contribution in [2.24, 2.45) is 0 Å². The third-order valence-corrected chi connectivity index (χ3v) is 3.85. The second-order valence-electron chi connectivity index (χ2n) is 6.05. The molecule has 0 aliphatic carbocycles. The summed E-state index contributed by atoms with van der Waals surface area (Å²) in [6.45, 7) is 2.85. The van der Waals surface area contributed by atoms with Crippen molar-refractivity contribution in [3.05, 3.63) is 84.8 Å². The van der Waals surface area contributed by atoms with Gasteiger partial charge in [-0.05, 0) is 48.3 Å². The first-order chi connectivity index (χ1) is 13.1. The molecule has 4 rings (SSSR count). The number of rotatable bonds is 2. The number of hydrogen-bond acceptors (Lipinski definition) is 4. The molecular formula is C23H19IrN2O2-. The predicted octanol–water partition coefficient (Wildman–Crippen LogP) is 5.28. The summed E-state index contributed by atoms with van der Waals surface area (Å²) in [5, 5.41) is 11.8. The van der Waals surface area contributed by atoms with Gasteiger partial charge in [-0.15, -0.1) is 6.07 Å². The molecular weight excluding hydrogens is 528 g/mol. The number of nitrogens with zero attached hydrogens (tertiary/aromatic N) is 2. The predicted molar refractivity (Wildman–Crippen MR) is 108 cm³/mol. The molecule has 0 spiro atoms. The van der Waals surface area contributed by atoms with E-state index in [1.165, 1.54) is 30.7 Å². The summed E-state index contributed by atoms with van der Waals surface area (Å²) in [6.07, 6.45) is 2.94. The summed E-state index contributed by atoms with van der Waals surface area (Å²) in [6, 6.07) is 23.4. The number of carbonyl (C=O) groups excluding carboxylic acids is 1. The van der Waals surface area contributed by atoms with Gasteiger partial charge in [0.05, 0.1) is 11.3 Å². The summed E-state index contributed by atoms with van der Waals surface area (Å²) in [7, 11) is 0. The third-order valence-electron chi connectivity index (χ3n) is 3.85. The average molecular weight is 548 g/mol. The van der Waals surface area contributed by atoms with Gasteiger partial charge in [0.1, 0.15) is 0 Å². The molecule has 143 valence electrons. The Kier molecular flexibility index (Phi) is 7.56. The van der Waals surface area contributed by atoms with Crippen LogP contribution in [-0.4, -0.2) is 20.9 Å². The smallest absolute Gasteiger partial charge is 0.155 e. The number of benzene rings is 2. The van der Waals surface area contributed by atoms with Gasteiger partial charge in [0.15, 0.2) is 5.78 Å². The van der Waals surface area contributed by atoms with Crippen molar-refractivity contribution in [2.75, 3.05) is 0 Å². The Morgan fingerprint density at radius 2 is 1.61 bits per heavy atom. The summed E-state index contributed by atoms with van der Waals surface area (Å²) in [5.74, 6) is -0.0625. The van der Waals surface area contributed by atoms with Crippen LogP contribution in [0.1, 0.15) is 13.8 Å². The van der Waals surface area contributed by atoms with Gasteiger partial charge in [0.25, 0.3) is 0 Å². The second-order valence-corrected chi connectivity index (χ2v) is 6.05. The third kappa shape index (κ3) is 5.09. The summed E-state index contributed by atoms with van der Waals surface area (Å²) in [4.78, 5) is 19.2. The Bertz CT molecular complexity index is 1120. The number of ketones is 1. The largest absolute Gasteiger partial charge is 0.512 e. The van der Waals surface area contributed by atoms with Crippen LogP contribution in [0.3, 0.4) is 0 Å². The van der Waals surface area contributed by atoms with Crippen LogP contribution >= 0.6 is 0 Å². The molecule has 0 bridgehead atoms. The first-order valence-electron chi connectivity index (χ1n) is 8.54. The number of aliphatic hydroxyl groups is 1. The van der Waals surface area contributed by atoms with E-state index in [-0.39, 0.29) is 31.6 Å². The maximum Gasteiger partial charge on any atom is 0.155 e. The topological polar surface area (TPSA) is 63.1 Å². The van der Waals surface area contributed by atoms with E-state index in [0.29, 0.717) is 0 Å². The van der Waals surface area contributed by atoms with Crippen LogP contribution in [-0.2, 0) is 24.9 Å². The van der Waals surface area contributed by atoms with Crippen molar-refractivity contribution in [3.8, 4) is 11.4 Å². The molecule has 1 radical (unpaired) electrons. The monoisotopic (exact) mass is 548 g/mol. The fourth-order valence-corrected chi connectivity index (χ4v) is 2.83. The SMILES string of the molecule is CC(=O)/C=C(/C)O.[Ir].[c-]1cccnc1-c1nc2ccccc2c2ccccc12. The van der Waals surface area contributed by atoms with Gasteiger partial charge >= 0.3 is 0 Å². The van der Waals surface area contributed by atoms with Crippen molar-refractivity contribution in [1.29, 1.82) is 0 Å². The molecule has 4 aromatic rings. The van der Waals surface area contributed by atoms with E-state index in [2.05, 4.69) is 35.3 Å². The molecule has 0 fully saturated rings. The van der Waals surface area contributed by atoms with Crippen molar-refractivity contribution in [2.45, 2.75) is 13.8 Å². The maximum atomic E-state index is 10.0. The van der Waals surface area contributed by atoms with E-state index >= 15 is 0 Å². The molecule has 0 saturated carbocycles. The Hall–Kier alpha value is -2.88. The molecule has 0 amide bonds. The van der Waals surface area contributed by atoms with Gasteiger partial charge < -0.3 is 10.1 Å². The first-order valence-corrected chi connectivity index (χ1v) is 8.54. The van der Waals surface area contributed by atoms with Gasteiger partial charge in [-0.1, -0.05) is 42.5 Å². The molecule has 0 aliphatic heterocycles. The van der Waals surface area contributed by atoms with Gasteiger partial charge in [-0.2, -0.15) is 12.1 Å². The van der Waals surface area contributed by atoms with Crippen LogP contribution in [0.15, 0.2) is 78.7 Å². The van der Waals surface area contributed by atoms with E-state index in [9.17, 15) is 4.79 Å². The number of fused-ring (bicyclic) bond motifs is 3. The number of allylic oxidation sites excluding steroid dienone is 2. The number of hydrogen-bond donors (Lipinski definition) is 1. The Morgan fingerprint density at radius 1 is 0.964 bits per heavy atom. The van der Waals surface area contributed by atoms with E-state index in [1.807, 2.05) is 36.4 Å². The van der Waals surface area contributed by atoms with E-state index in [1.54, 1.807) is 6.20 Å². The minimum absolute atomic E-state index is 0. The Morgan fingerprint density at radius 3 is 2.18 bits per heavy atom. The zero-order chi connectivity index (χ0) is 19.2. The zero-order valence-electron chi connectivity index (χ0n) is 15.5. The molecule has 0 atom stereocenters. The van der Waals surface area contributed by atoms with E-state index in [0.717, 1.165) is 22.3 Å². The van der Waals surface area contributed by atoms with Gasteiger partial charge in [0, 0.05) is 31.6 Å². The molecule has 0 saturated heterocycles. The van der Waals surface area contributed by atoms with Crippen LogP contribution in [0, 0.1) is 6.07 Å². The first kappa shape index (κ1) is 21.4. The minimum atomic E-state index is -0.125. The van der Waals surface area contributed by atoms with Gasteiger partial charge in [-0.3, -0.25) is 9.78 Å². The fourth-order valence-electron chi connectivity index (χ4n) is 2.83. The van der Waals surface area contributed by atoms with Crippen LogP contribution < -0.4 is 0 Å². The minimum Gasteiger partial charge on any atom is -0.512 e. The Balaban J connectivity index is 0.000000306. The molecule has 2 heterocycles. The number of carbonyl (C=O) groups is 1. The molecule has 28 heavy (non-hydrogen) atoms. The van der Waals surface area contributed by atoms with E-state index in [4.69, 9.17) is 10.1 Å².